The van der Waals surface area contributed by atoms with Crippen molar-refractivity contribution in [3.63, 3.8) is 0 Å². The van der Waals surface area contributed by atoms with E-state index in [1.165, 1.54) is 7.11 Å². The molecule has 1 amide bonds. The van der Waals surface area contributed by atoms with Crippen molar-refractivity contribution in [2.45, 2.75) is 51.3 Å². The van der Waals surface area contributed by atoms with Gasteiger partial charge in [0.1, 0.15) is 18.1 Å². The van der Waals surface area contributed by atoms with Crippen molar-refractivity contribution in [1.82, 2.24) is 15.0 Å². The summed E-state index contributed by atoms with van der Waals surface area (Å²) in [5.41, 5.74) is 5.24. The molecule has 2 heterocycles. The molecule has 1 aliphatic heterocycles. The second-order valence-electron chi connectivity index (χ2n) is 10.5. The number of ether oxygens (including phenoxy) is 3. The number of rotatable bonds is 11. The van der Waals surface area contributed by atoms with Crippen LogP contribution in [0.4, 0.5) is 0 Å². The highest BCUT2D eigenvalue weighted by molar-refractivity contribution is 9.10. The van der Waals surface area contributed by atoms with Crippen LogP contribution in [0.5, 0.6) is 5.75 Å². The first-order chi connectivity index (χ1) is 21.1. The second-order valence-corrected chi connectivity index (χ2v) is 13.1. The number of sulfonamides is 1. The lowest BCUT2D eigenvalue weighted by Crippen LogP contribution is -2.33. The Hall–Kier alpha value is -3.42. The second kappa shape index (κ2) is 13.3. The van der Waals surface area contributed by atoms with Gasteiger partial charge in [0, 0.05) is 46.2 Å². The van der Waals surface area contributed by atoms with E-state index in [0.29, 0.717) is 52.5 Å². The molecule has 3 aromatic rings. The number of Topliss-reactive ketones (excluding diaryl/α,β-unsaturated/α-hetero) is 1. The lowest BCUT2D eigenvalue weighted by atomic mass is 9.82. The molecule has 10 nitrogen and oxygen atoms in total. The molecule has 2 aliphatic rings. The maximum Gasteiger partial charge on any atom is 0.239 e. The monoisotopic (exact) mass is 683 g/mol. The summed E-state index contributed by atoms with van der Waals surface area (Å²) >= 11 is 3.36. The van der Waals surface area contributed by atoms with Crippen molar-refractivity contribution >= 4 is 43.2 Å². The molecule has 1 aromatic heterocycles. The van der Waals surface area contributed by atoms with Gasteiger partial charge in [0.25, 0.3) is 0 Å². The predicted molar refractivity (Wildman–Crippen MR) is 168 cm³/mol. The summed E-state index contributed by atoms with van der Waals surface area (Å²) in [7, 11) is -2.51. The molecule has 0 saturated carbocycles. The van der Waals surface area contributed by atoms with Crippen molar-refractivity contribution < 1.29 is 32.2 Å². The minimum Gasteiger partial charge on any atom is -0.496 e. The number of hydrogen-bond donors (Lipinski definition) is 2. The van der Waals surface area contributed by atoms with E-state index in [1.54, 1.807) is 42.6 Å². The van der Waals surface area contributed by atoms with Gasteiger partial charge in [-0.1, -0.05) is 40.2 Å². The molecule has 0 radical (unpaired) electrons. The summed E-state index contributed by atoms with van der Waals surface area (Å²) in [4.78, 5) is 31.2. The Labute approximate surface area is 265 Å². The van der Waals surface area contributed by atoms with Crippen LogP contribution in [-0.2, 0) is 41.3 Å². The third-order valence-electron chi connectivity index (χ3n) is 7.57. The normalized spacial score (nSPS) is 19.5. The Morgan fingerprint density at radius 1 is 1.05 bits per heavy atom. The van der Waals surface area contributed by atoms with E-state index < -0.39 is 40.1 Å². The number of nitrogens with one attached hydrogen (secondary N) is 2. The summed E-state index contributed by atoms with van der Waals surface area (Å²) in [6.45, 7) is 6.37. The molecule has 0 saturated heterocycles. The van der Waals surface area contributed by atoms with E-state index in [4.69, 9.17) is 14.2 Å². The smallest absolute Gasteiger partial charge is 0.239 e. The Morgan fingerprint density at radius 2 is 1.82 bits per heavy atom. The number of benzene rings is 2. The summed E-state index contributed by atoms with van der Waals surface area (Å²) in [5.74, 6) is -0.732. The Bertz CT molecular complexity index is 1740. The van der Waals surface area contributed by atoms with E-state index in [1.807, 2.05) is 32.9 Å². The SMILES string of the molecule is CCOC1NC(c2ccc(CS(=O)(=O)NC(=O)Cc3cc(Br)ccc3OC)cc2C)C2=C1c1ncccc1C(OCC)C2=O. The molecule has 3 unspecified atom stereocenters. The first kappa shape index (κ1) is 32.0. The molecule has 12 heteroatoms. The quantitative estimate of drug-likeness (QED) is 0.300. The fourth-order valence-corrected chi connectivity index (χ4v) is 7.35. The van der Waals surface area contributed by atoms with Gasteiger partial charge in [-0.05, 0) is 61.7 Å². The van der Waals surface area contributed by atoms with Gasteiger partial charge < -0.3 is 14.2 Å². The first-order valence-electron chi connectivity index (χ1n) is 14.2. The summed E-state index contributed by atoms with van der Waals surface area (Å²) in [6, 6.07) is 13.6. The fourth-order valence-electron chi connectivity index (χ4n) is 5.83. The standard InChI is InChI=1S/C32H34BrN3O7S/c1-5-42-31-23-8-7-13-34-28(23)27-26(30(31)38)29(35-32(27)43-6-2)22-11-9-19(14-18(22)3)17-44(39,40)36-25(37)16-20-15-21(33)10-12-24(20)41-4/h7-15,29,31-32,35H,5-6,16-17H2,1-4H3,(H,36,37). The summed E-state index contributed by atoms with van der Waals surface area (Å²) in [6.07, 6.45) is 0.184. The van der Waals surface area contributed by atoms with Crippen LogP contribution >= 0.6 is 15.9 Å². The van der Waals surface area contributed by atoms with Crippen molar-refractivity contribution in [2.24, 2.45) is 0 Å². The van der Waals surface area contributed by atoms with Gasteiger partial charge in [-0.2, -0.15) is 0 Å². The number of fused-ring (bicyclic) bond motifs is 2. The fraction of sp³-hybridized carbons (Fsp3) is 0.344. The van der Waals surface area contributed by atoms with Crippen LogP contribution in [0.1, 0.15) is 59.5 Å². The molecular weight excluding hydrogens is 650 g/mol. The Morgan fingerprint density at radius 3 is 2.52 bits per heavy atom. The summed E-state index contributed by atoms with van der Waals surface area (Å²) < 4.78 is 46.0. The van der Waals surface area contributed by atoms with Crippen LogP contribution in [0.25, 0.3) is 5.57 Å². The van der Waals surface area contributed by atoms with E-state index >= 15 is 0 Å². The number of carbonyl (C=O) groups is 2. The zero-order valence-corrected chi connectivity index (χ0v) is 27.3. The van der Waals surface area contributed by atoms with Crippen molar-refractivity contribution in [3.8, 4) is 5.75 Å². The molecule has 1 aliphatic carbocycles. The van der Waals surface area contributed by atoms with Gasteiger partial charge in [0.2, 0.25) is 15.9 Å². The molecule has 44 heavy (non-hydrogen) atoms. The van der Waals surface area contributed by atoms with Crippen LogP contribution in [0, 0.1) is 6.92 Å². The maximum absolute atomic E-state index is 13.9. The van der Waals surface area contributed by atoms with E-state index in [0.717, 1.165) is 15.6 Å². The Kier molecular flexibility index (Phi) is 9.66. The number of ketones is 1. The molecule has 3 atom stereocenters. The van der Waals surface area contributed by atoms with Crippen LogP contribution < -0.4 is 14.8 Å². The van der Waals surface area contributed by atoms with Crippen LogP contribution in [0.3, 0.4) is 0 Å². The molecule has 0 bridgehead atoms. The molecule has 232 valence electrons. The van der Waals surface area contributed by atoms with Gasteiger partial charge in [0.15, 0.2) is 5.78 Å². The lowest BCUT2D eigenvalue weighted by Gasteiger charge is -2.27. The number of nitrogens with zero attached hydrogens (tertiary/aromatic N) is 1. The number of aryl methyl sites for hydroxylation is 1. The molecule has 0 spiro atoms. The molecular formula is C32H34BrN3O7S. The average Bonchev–Trinajstić information content (AvgIpc) is 3.34. The van der Waals surface area contributed by atoms with Crippen LogP contribution in [0.2, 0.25) is 0 Å². The molecule has 2 aromatic carbocycles. The van der Waals surface area contributed by atoms with Gasteiger partial charge >= 0.3 is 0 Å². The number of pyridine rings is 1. The van der Waals surface area contributed by atoms with Gasteiger partial charge in [0.05, 0.1) is 31.0 Å². The third kappa shape index (κ3) is 6.50. The van der Waals surface area contributed by atoms with Gasteiger partial charge in [-0.25, -0.2) is 8.42 Å². The van der Waals surface area contributed by atoms with Crippen LogP contribution in [-0.4, -0.2) is 51.6 Å². The largest absolute Gasteiger partial charge is 0.496 e. The van der Waals surface area contributed by atoms with E-state index in [2.05, 4.69) is 31.0 Å². The minimum atomic E-state index is -4.00. The highest BCUT2D eigenvalue weighted by atomic mass is 79.9. The highest BCUT2D eigenvalue weighted by Gasteiger charge is 2.47. The number of hydrogen-bond acceptors (Lipinski definition) is 9. The molecule has 2 N–H and O–H groups in total. The maximum atomic E-state index is 13.9. The highest BCUT2D eigenvalue weighted by Crippen LogP contribution is 2.47. The zero-order chi connectivity index (χ0) is 31.6. The zero-order valence-electron chi connectivity index (χ0n) is 24.8. The first-order valence-corrected chi connectivity index (χ1v) is 16.7. The number of amides is 1. The third-order valence-corrected chi connectivity index (χ3v) is 9.32. The molecule has 5 rings (SSSR count). The van der Waals surface area contributed by atoms with Crippen molar-refractivity contribution in [3.05, 3.63) is 98.3 Å². The minimum absolute atomic E-state index is 0.155. The number of methoxy groups -OCH3 is 1. The predicted octanol–water partition coefficient (Wildman–Crippen LogP) is 4.47. The van der Waals surface area contributed by atoms with E-state index in [9.17, 15) is 18.0 Å². The topological polar surface area (TPSA) is 133 Å². The lowest BCUT2D eigenvalue weighted by molar-refractivity contribution is -0.127. The van der Waals surface area contributed by atoms with Crippen molar-refractivity contribution in [2.75, 3.05) is 20.3 Å². The molecule has 0 fully saturated rings. The number of carbonyl (C=O) groups excluding carboxylic acids is 2. The van der Waals surface area contributed by atoms with Crippen molar-refractivity contribution in [1.29, 1.82) is 0 Å². The number of aromatic nitrogens is 1. The van der Waals surface area contributed by atoms with E-state index in [-0.39, 0.29) is 12.2 Å². The summed E-state index contributed by atoms with van der Waals surface area (Å²) in [5, 5.41) is 3.45. The number of halogens is 1. The Balaban J connectivity index is 1.39. The van der Waals surface area contributed by atoms with Gasteiger partial charge in [-0.3, -0.25) is 24.6 Å². The average molecular weight is 685 g/mol. The van der Waals surface area contributed by atoms with Gasteiger partial charge in [-0.15, -0.1) is 0 Å². The van der Waals surface area contributed by atoms with Crippen LogP contribution in [0.15, 0.2) is 64.8 Å².